The third-order valence-corrected chi connectivity index (χ3v) is 2.29. The molecule has 2 N–H and O–H groups in total. The van der Waals surface area contributed by atoms with Crippen LogP contribution in [0.25, 0.3) is 0 Å². The molecule has 2 rings (SSSR count). The van der Waals surface area contributed by atoms with Gasteiger partial charge in [-0.2, -0.15) is 13.2 Å². The van der Waals surface area contributed by atoms with Crippen LogP contribution >= 0.6 is 0 Å². The molecule has 1 amide bonds. The second kappa shape index (κ2) is 6.16. The number of carbonyl (C=O) groups is 1. The molecule has 0 aliphatic heterocycles. The van der Waals surface area contributed by atoms with Gasteiger partial charge in [0.1, 0.15) is 11.5 Å². The van der Waals surface area contributed by atoms with E-state index < -0.39 is 17.8 Å². The zero-order chi connectivity index (χ0) is 15.3. The number of rotatable bonds is 4. The van der Waals surface area contributed by atoms with E-state index in [1.165, 1.54) is 6.20 Å². The maximum absolute atomic E-state index is 12.4. The van der Waals surface area contributed by atoms with Crippen LogP contribution < -0.4 is 10.6 Å². The van der Waals surface area contributed by atoms with Gasteiger partial charge >= 0.3 is 6.18 Å². The summed E-state index contributed by atoms with van der Waals surface area (Å²) in [6.07, 6.45) is -2.09. The van der Waals surface area contributed by atoms with Gasteiger partial charge in [0.2, 0.25) is 11.9 Å². The second-order valence-corrected chi connectivity index (χ2v) is 3.88. The monoisotopic (exact) mass is 297 g/mol. The Bertz CT molecular complexity index is 618. The van der Waals surface area contributed by atoms with Crippen LogP contribution in [0.2, 0.25) is 0 Å². The summed E-state index contributed by atoms with van der Waals surface area (Å²) in [4.78, 5) is 22.4. The molecule has 0 aromatic carbocycles. The molecular formula is C12H10F3N5O. The summed E-state index contributed by atoms with van der Waals surface area (Å²) in [6.45, 7) is -0.280. The average Bonchev–Trinajstić information content (AvgIpc) is 2.46. The van der Waals surface area contributed by atoms with Crippen LogP contribution in [0.15, 0.2) is 36.7 Å². The molecule has 0 saturated heterocycles. The van der Waals surface area contributed by atoms with E-state index in [2.05, 4.69) is 25.6 Å². The maximum atomic E-state index is 12.4. The molecule has 0 unspecified atom stereocenters. The lowest BCUT2D eigenvalue weighted by Gasteiger charge is -2.08. The van der Waals surface area contributed by atoms with E-state index in [1.54, 1.807) is 18.2 Å². The molecule has 2 aromatic rings. The first-order chi connectivity index (χ1) is 9.95. The zero-order valence-corrected chi connectivity index (χ0v) is 10.6. The molecule has 2 heterocycles. The highest BCUT2D eigenvalue weighted by molar-refractivity contribution is 5.92. The number of hydrogen-bond acceptors (Lipinski definition) is 5. The van der Waals surface area contributed by atoms with Gasteiger partial charge in [-0.15, -0.1) is 0 Å². The topological polar surface area (TPSA) is 79.8 Å². The molecule has 0 radical (unpaired) electrons. The van der Waals surface area contributed by atoms with Crippen LogP contribution in [0.3, 0.4) is 0 Å². The van der Waals surface area contributed by atoms with E-state index in [4.69, 9.17) is 0 Å². The van der Waals surface area contributed by atoms with Crippen molar-refractivity contribution >= 4 is 17.7 Å². The van der Waals surface area contributed by atoms with Crippen molar-refractivity contribution in [3.8, 4) is 0 Å². The van der Waals surface area contributed by atoms with Crippen molar-refractivity contribution in [3.63, 3.8) is 0 Å². The SMILES string of the molecule is O=C(CNc1nccc(C(F)(F)F)n1)Nc1ccccn1. The number of hydrogen-bond donors (Lipinski definition) is 2. The highest BCUT2D eigenvalue weighted by atomic mass is 19.4. The number of aromatic nitrogens is 3. The van der Waals surface area contributed by atoms with Gasteiger partial charge in [0.15, 0.2) is 0 Å². The molecule has 0 atom stereocenters. The average molecular weight is 297 g/mol. The van der Waals surface area contributed by atoms with Crippen LogP contribution in [0.1, 0.15) is 5.69 Å². The lowest BCUT2D eigenvalue weighted by Crippen LogP contribution is -2.23. The first kappa shape index (κ1) is 14.7. The Kier molecular flexibility index (Phi) is 4.31. The van der Waals surface area contributed by atoms with Crippen molar-refractivity contribution in [3.05, 3.63) is 42.4 Å². The fourth-order valence-corrected chi connectivity index (χ4v) is 1.38. The second-order valence-electron chi connectivity index (χ2n) is 3.88. The summed E-state index contributed by atoms with van der Waals surface area (Å²) >= 11 is 0. The van der Waals surface area contributed by atoms with Crippen molar-refractivity contribution in [2.24, 2.45) is 0 Å². The molecule has 0 fully saturated rings. The quantitative estimate of drug-likeness (QED) is 0.901. The smallest absolute Gasteiger partial charge is 0.345 e. The molecular weight excluding hydrogens is 287 g/mol. The van der Waals surface area contributed by atoms with Gasteiger partial charge in [0, 0.05) is 12.4 Å². The summed E-state index contributed by atoms with van der Waals surface area (Å²) in [5, 5.41) is 4.88. The fourth-order valence-electron chi connectivity index (χ4n) is 1.38. The standard InChI is InChI=1S/C12H10F3N5O/c13-12(14,15)8-4-6-17-11(19-8)18-7-10(21)20-9-3-1-2-5-16-9/h1-6H,7H2,(H,16,20,21)(H,17,18,19). The van der Waals surface area contributed by atoms with E-state index >= 15 is 0 Å². The van der Waals surface area contributed by atoms with E-state index in [-0.39, 0.29) is 12.5 Å². The molecule has 0 spiro atoms. The highest BCUT2D eigenvalue weighted by Crippen LogP contribution is 2.27. The van der Waals surface area contributed by atoms with E-state index in [9.17, 15) is 18.0 Å². The summed E-state index contributed by atoms with van der Waals surface area (Å²) in [7, 11) is 0. The van der Waals surface area contributed by atoms with Crippen LogP contribution in [0, 0.1) is 0 Å². The maximum Gasteiger partial charge on any atom is 0.433 e. The Morgan fingerprint density at radius 3 is 2.62 bits per heavy atom. The number of alkyl halides is 3. The van der Waals surface area contributed by atoms with Crippen molar-refractivity contribution in [2.75, 3.05) is 17.2 Å². The predicted molar refractivity (Wildman–Crippen MR) is 68.4 cm³/mol. The molecule has 21 heavy (non-hydrogen) atoms. The van der Waals surface area contributed by atoms with Gasteiger partial charge in [-0.25, -0.2) is 15.0 Å². The Morgan fingerprint density at radius 1 is 1.14 bits per heavy atom. The Hall–Kier alpha value is -2.71. The highest BCUT2D eigenvalue weighted by Gasteiger charge is 2.32. The van der Waals surface area contributed by atoms with Gasteiger partial charge in [-0.1, -0.05) is 6.07 Å². The number of anilines is 2. The summed E-state index contributed by atoms with van der Waals surface area (Å²) in [5.74, 6) is -0.412. The van der Waals surface area contributed by atoms with Gasteiger partial charge < -0.3 is 10.6 Å². The first-order valence-electron chi connectivity index (χ1n) is 5.80. The van der Waals surface area contributed by atoms with Crippen LogP contribution in [0.4, 0.5) is 24.9 Å². The third kappa shape index (κ3) is 4.41. The summed E-state index contributed by atoms with van der Waals surface area (Å²) < 4.78 is 37.3. The minimum absolute atomic E-state index is 0.277. The zero-order valence-electron chi connectivity index (χ0n) is 10.6. The molecule has 6 nitrogen and oxygen atoms in total. The Balaban J connectivity index is 1.92. The lowest BCUT2D eigenvalue weighted by molar-refractivity contribution is -0.141. The molecule has 0 bridgehead atoms. The van der Waals surface area contributed by atoms with Gasteiger partial charge in [-0.3, -0.25) is 4.79 Å². The molecule has 2 aromatic heterocycles. The lowest BCUT2D eigenvalue weighted by atomic mass is 10.4. The van der Waals surface area contributed by atoms with Crippen molar-refractivity contribution in [1.82, 2.24) is 15.0 Å². The van der Waals surface area contributed by atoms with Crippen LogP contribution in [-0.4, -0.2) is 27.4 Å². The van der Waals surface area contributed by atoms with E-state index in [0.29, 0.717) is 5.82 Å². The molecule has 0 saturated carbocycles. The summed E-state index contributed by atoms with van der Waals surface area (Å²) in [5.41, 5.74) is -1.08. The van der Waals surface area contributed by atoms with Gasteiger partial charge in [0.25, 0.3) is 0 Å². The predicted octanol–water partition coefficient (Wildman–Crippen LogP) is 1.94. The van der Waals surface area contributed by atoms with Gasteiger partial charge in [-0.05, 0) is 18.2 Å². The molecule has 0 aliphatic rings. The van der Waals surface area contributed by atoms with E-state index in [0.717, 1.165) is 12.3 Å². The van der Waals surface area contributed by atoms with Crippen molar-refractivity contribution < 1.29 is 18.0 Å². The fraction of sp³-hybridized carbons (Fsp3) is 0.167. The number of nitrogens with zero attached hydrogens (tertiary/aromatic N) is 3. The Labute approximate surface area is 117 Å². The number of halogens is 3. The van der Waals surface area contributed by atoms with Crippen molar-refractivity contribution in [1.29, 1.82) is 0 Å². The number of pyridine rings is 1. The molecule has 9 heteroatoms. The Morgan fingerprint density at radius 2 is 1.95 bits per heavy atom. The number of carbonyl (C=O) groups excluding carboxylic acids is 1. The van der Waals surface area contributed by atoms with Crippen molar-refractivity contribution in [2.45, 2.75) is 6.18 Å². The minimum atomic E-state index is -4.56. The first-order valence-corrected chi connectivity index (χ1v) is 5.80. The summed E-state index contributed by atoms with van der Waals surface area (Å²) in [6, 6.07) is 5.70. The minimum Gasteiger partial charge on any atom is -0.345 e. The largest absolute Gasteiger partial charge is 0.433 e. The van der Waals surface area contributed by atoms with E-state index in [1.807, 2.05) is 0 Å². The van der Waals surface area contributed by atoms with Crippen LogP contribution in [-0.2, 0) is 11.0 Å². The number of amides is 1. The van der Waals surface area contributed by atoms with Gasteiger partial charge in [0.05, 0.1) is 6.54 Å². The molecule has 0 aliphatic carbocycles. The normalized spacial score (nSPS) is 11.0. The number of nitrogens with one attached hydrogen (secondary N) is 2. The molecule has 110 valence electrons. The third-order valence-electron chi connectivity index (χ3n) is 2.29. The van der Waals surface area contributed by atoms with Crippen LogP contribution in [0.5, 0.6) is 0 Å².